The zero-order valence-electron chi connectivity index (χ0n) is 26.8. The van der Waals surface area contributed by atoms with Gasteiger partial charge < -0.3 is 20.3 Å². The number of carbonyl (C=O) groups is 3. The maximum Gasteiger partial charge on any atom is 0.407 e. The number of nitrogens with one attached hydrogen (secondary N) is 2. The Hall–Kier alpha value is -3.65. The number of hydrogen-bond donors (Lipinski definition) is 2. The second kappa shape index (κ2) is 14.6. The molecule has 0 unspecified atom stereocenters. The number of benzene rings is 2. The molecule has 248 valence electrons. The van der Waals surface area contributed by atoms with Crippen molar-refractivity contribution < 1.29 is 36.0 Å². The van der Waals surface area contributed by atoms with Crippen LogP contribution in [-0.4, -0.2) is 72.0 Å². The quantitative estimate of drug-likeness (QED) is 0.291. The van der Waals surface area contributed by atoms with Gasteiger partial charge in [0, 0.05) is 31.4 Å². The summed E-state index contributed by atoms with van der Waals surface area (Å²) in [5.41, 5.74) is 0.0162. The smallest absolute Gasteiger partial charge is 0.407 e. The van der Waals surface area contributed by atoms with E-state index in [-0.39, 0.29) is 40.8 Å². The summed E-state index contributed by atoms with van der Waals surface area (Å²) in [7, 11) is -5.97. The van der Waals surface area contributed by atoms with Crippen molar-refractivity contribution in [2.75, 3.05) is 40.1 Å². The highest BCUT2D eigenvalue weighted by Gasteiger charge is 2.34. The minimum absolute atomic E-state index is 0.0172. The first-order valence-electron chi connectivity index (χ1n) is 14.9. The average Bonchev–Trinajstić information content (AvgIpc) is 3.30. The highest BCUT2D eigenvalue weighted by atomic mass is 32.2. The van der Waals surface area contributed by atoms with Crippen LogP contribution in [-0.2, 0) is 29.4 Å². The van der Waals surface area contributed by atoms with Crippen molar-refractivity contribution in [1.29, 1.82) is 0 Å². The zero-order chi connectivity index (χ0) is 33.6. The van der Waals surface area contributed by atoms with Crippen LogP contribution in [0.15, 0.2) is 47.4 Å². The van der Waals surface area contributed by atoms with Gasteiger partial charge >= 0.3 is 6.09 Å². The van der Waals surface area contributed by atoms with E-state index in [1.54, 1.807) is 20.8 Å². The number of alkyl carbamates (subject to hydrolysis) is 1. The topological polar surface area (TPSA) is 159 Å². The maximum absolute atomic E-state index is 13.4. The van der Waals surface area contributed by atoms with Crippen LogP contribution in [0.4, 0.5) is 21.9 Å². The van der Waals surface area contributed by atoms with Crippen molar-refractivity contribution in [2.45, 2.75) is 82.8 Å². The van der Waals surface area contributed by atoms with Crippen molar-refractivity contribution in [3.63, 3.8) is 0 Å². The molecule has 12 nitrogen and oxygen atoms in total. The molecule has 2 N–H and O–H groups in total. The van der Waals surface area contributed by atoms with Gasteiger partial charge in [0.15, 0.2) is 9.84 Å². The monoisotopic (exact) mass is 664 g/mol. The number of anilines is 3. The van der Waals surface area contributed by atoms with Crippen molar-refractivity contribution in [3.8, 4) is 0 Å². The fraction of sp³-hybridized carbons (Fsp3) is 0.516. The third-order valence-electron chi connectivity index (χ3n) is 7.21. The molecule has 2 aromatic carbocycles. The minimum Gasteiger partial charge on any atom is -0.444 e. The SMILES string of the molecule is CCCCCCCS(=O)(=O)c1ccc(NC(=O)c2ccc(N3C[C@H](NC(=O)OC(C)(C)C)CC3=O)cc2N(C)S(C)(=O)=O)cc1. The van der Waals surface area contributed by atoms with Gasteiger partial charge in [-0.2, -0.15) is 0 Å². The zero-order valence-corrected chi connectivity index (χ0v) is 28.4. The van der Waals surface area contributed by atoms with Crippen LogP contribution in [0.2, 0.25) is 0 Å². The van der Waals surface area contributed by atoms with E-state index in [0.717, 1.165) is 36.2 Å². The number of unbranched alkanes of at least 4 members (excludes halogenated alkanes) is 4. The largest absolute Gasteiger partial charge is 0.444 e. The van der Waals surface area contributed by atoms with Crippen LogP contribution in [0.3, 0.4) is 0 Å². The molecule has 3 rings (SSSR count). The van der Waals surface area contributed by atoms with Gasteiger partial charge in [-0.15, -0.1) is 0 Å². The van der Waals surface area contributed by atoms with Crippen LogP contribution >= 0.6 is 0 Å². The predicted octanol–water partition coefficient (Wildman–Crippen LogP) is 4.71. The molecule has 0 spiro atoms. The number of sulfonamides is 1. The maximum atomic E-state index is 13.4. The summed E-state index contributed by atoms with van der Waals surface area (Å²) >= 11 is 0. The van der Waals surface area contributed by atoms with Gasteiger partial charge in [0.1, 0.15) is 5.60 Å². The van der Waals surface area contributed by atoms with Crippen molar-refractivity contribution in [1.82, 2.24) is 5.32 Å². The number of ether oxygens (including phenoxy) is 1. The van der Waals surface area contributed by atoms with Crippen LogP contribution in [0, 0.1) is 0 Å². The molecule has 0 aliphatic carbocycles. The number of nitrogens with zero attached hydrogens (tertiary/aromatic N) is 2. The van der Waals surface area contributed by atoms with Crippen molar-refractivity contribution in [3.05, 3.63) is 48.0 Å². The highest BCUT2D eigenvalue weighted by molar-refractivity contribution is 7.92. The van der Waals surface area contributed by atoms with E-state index in [4.69, 9.17) is 4.74 Å². The Morgan fingerprint density at radius 1 is 1.00 bits per heavy atom. The van der Waals surface area contributed by atoms with Gasteiger partial charge in [-0.05, 0) is 69.7 Å². The summed E-state index contributed by atoms with van der Waals surface area (Å²) in [4.78, 5) is 40.0. The average molecular weight is 665 g/mol. The Morgan fingerprint density at radius 3 is 2.24 bits per heavy atom. The third kappa shape index (κ3) is 10.2. The standard InChI is InChI=1S/C31H44N4O8S2/c1-7-8-9-10-11-18-45(41,42)25-15-12-22(13-16-25)32-29(37)26-17-14-24(20-27(26)34(5)44(6,39)40)35-21-23(19-28(35)36)33-30(38)43-31(2,3)4/h12-17,20,23H,7-11,18-19,21H2,1-6H3,(H,32,37)(H,33,38)/t23-/m1/s1. The molecule has 0 saturated carbocycles. The molecule has 0 radical (unpaired) electrons. The molecule has 14 heteroatoms. The summed E-state index contributed by atoms with van der Waals surface area (Å²) in [6.45, 7) is 7.41. The van der Waals surface area contributed by atoms with E-state index in [1.807, 2.05) is 0 Å². The van der Waals surface area contributed by atoms with Gasteiger partial charge in [-0.25, -0.2) is 21.6 Å². The number of hydrogen-bond acceptors (Lipinski definition) is 8. The lowest BCUT2D eigenvalue weighted by atomic mass is 10.1. The van der Waals surface area contributed by atoms with Crippen LogP contribution < -0.4 is 19.8 Å². The molecular formula is C31H44N4O8S2. The molecule has 1 atom stereocenters. The van der Waals surface area contributed by atoms with Gasteiger partial charge in [0.25, 0.3) is 5.91 Å². The summed E-state index contributed by atoms with van der Waals surface area (Å²) in [5.74, 6) is -0.874. The summed E-state index contributed by atoms with van der Waals surface area (Å²) < 4.78 is 56.7. The summed E-state index contributed by atoms with van der Waals surface area (Å²) in [6.07, 6.45) is 4.92. The van der Waals surface area contributed by atoms with Gasteiger partial charge in [-0.1, -0.05) is 32.6 Å². The number of carbonyl (C=O) groups excluding carboxylic acids is 3. The fourth-order valence-corrected chi connectivity index (χ4v) is 6.68. The van der Waals surface area contributed by atoms with Crippen molar-refractivity contribution >= 4 is 54.8 Å². The van der Waals surface area contributed by atoms with E-state index in [9.17, 15) is 31.2 Å². The van der Waals surface area contributed by atoms with E-state index in [0.29, 0.717) is 17.8 Å². The Balaban J connectivity index is 1.79. The number of sulfone groups is 1. The number of rotatable bonds is 13. The summed E-state index contributed by atoms with van der Waals surface area (Å²) in [5, 5.41) is 5.38. The normalized spacial score (nSPS) is 15.6. The van der Waals surface area contributed by atoms with Gasteiger partial charge in [0.05, 0.1) is 34.2 Å². The van der Waals surface area contributed by atoms with Gasteiger partial charge in [-0.3, -0.25) is 13.9 Å². The fourth-order valence-electron chi connectivity index (χ4n) is 4.80. The first kappa shape index (κ1) is 35.8. The lowest BCUT2D eigenvalue weighted by molar-refractivity contribution is -0.117. The molecule has 1 fully saturated rings. The third-order valence-corrected chi connectivity index (χ3v) is 10.2. The summed E-state index contributed by atoms with van der Waals surface area (Å²) in [6, 6.07) is 9.68. The number of amides is 3. The molecule has 1 aliphatic heterocycles. The molecule has 0 bridgehead atoms. The van der Waals surface area contributed by atoms with Crippen LogP contribution in [0.25, 0.3) is 0 Å². The Labute approximate surface area is 266 Å². The highest BCUT2D eigenvalue weighted by Crippen LogP contribution is 2.31. The predicted molar refractivity (Wildman–Crippen MR) is 175 cm³/mol. The van der Waals surface area contributed by atoms with Gasteiger partial charge in [0.2, 0.25) is 15.9 Å². The molecule has 0 aromatic heterocycles. The lowest BCUT2D eigenvalue weighted by Gasteiger charge is -2.24. The van der Waals surface area contributed by atoms with E-state index in [2.05, 4.69) is 17.6 Å². The molecule has 3 amide bonds. The lowest BCUT2D eigenvalue weighted by Crippen LogP contribution is -2.40. The molecule has 1 saturated heterocycles. The first-order chi connectivity index (χ1) is 20.9. The van der Waals surface area contributed by atoms with Crippen LogP contribution in [0.1, 0.15) is 76.6 Å². The molecule has 1 aliphatic rings. The van der Waals surface area contributed by atoms with Crippen molar-refractivity contribution in [2.24, 2.45) is 0 Å². The first-order valence-corrected chi connectivity index (χ1v) is 18.4. The Bertz CT molecular complexity index is 1600. The van der Waals surface area contributed by atoms with E-state index < -0.39 is 43.5 Å². The molecule has 45 heavy (non-hydrogen) atoms. The molecular weight excluding hydrogens is 620 g/mol. The van der Waals surface area contributed by atoms with E-state index in [1.165, 1.54) is 54.4 Å². The van der Waals surface area contributed by atoms with Crippen LogP contribution in [0.5, 0.6) is 0 Å². The second-order valence-electron chi connectivity index (χ2n) is 12.2. The minimum atomic E-state index is -3.81. The van der Waals surface area contributed by atoms with E-state index >= 15 is 0 Å². The molecule has 2 aromatic rings. The molecule has 1 heterocycles. The Kier molecular flexibility index (Phi) is 11.6. The Morgan fingerprint density at radius 2 is 1.64 bits per heavy atom. The second-order valence-corrected chi connectivity index (χ2v) is 16.3.